The van der Waals surface area contributed by atoms with Gasteiger partial charge in [0.2, 0.25) is 10.0 Å². The number of carbonyl (C=O) groups excluding carboxylic acids is 1. The lowest BCUT2D eigenvalue weighted by Gasteiger charge is -2.21. The molecule has 0 spiro atoms. The molecule has 1 heterocycles. The number of amides is 1. The molecule has 1 N–H and O–H groups in total. The first-order chi connectivity index (χ1) is 11.0. The molecule has 7 heteroatoms. The number of nitrogens with zero attached hydrogens (tertiary/aromatic N) is 1. The van der Waals surface area contributed by atoms with Crippen molar-refractivity contribution >= 4 is 27.5 Å². The predicted octanol–water partition coefficient (Wildman–Crippen LogP) is 3.04. The van der Waals surface area contributed by atoms with E-state index >= 15 is 0 Å². The first-order valence-corrected chi connectivity index (χ1v) is 9.86. The van der Waals surface area contributed by atoms with Gasteiger partial charge < -0.3 is 5.32 Å². The molecule has 0 aromatic heterocycles. The molecule has 0 saturated carbocycles. The van der Waals surface area contributed by atoms with Crippen LogP contribution in [0.1, 0.15) is 49.4 Å². The van der Waals surface area contributed by atoms with Crippen molar-refractivity contribution in [2.45, 2.75) is 43.9 Å². The van der Waals surface area contributed by atoms with Gasteiger partial charge in [0, 0.05) is 25.2 Å². The lowest BCUT2D eigenvalue weighted by atomic mass is 10.2. The molecule has 0 radical (unpaired) electrons. The average Bonchev–Trinajstić information content (AvgIpc) is 2.82. The van der Waals surface area contributed by atoms with Gasteiger partial charge in [0.1, 0.15) is 4.90 Å². The van der Waals surface area contributed by atoms with Crippen LogP contribution in [0.5, 0.6) is 0 Å². The molecule has 23 heavy (non-hydrogen) atoms. The second-order valence-corrected chi connectivity index (χ2v) is 8.03. The van der Waals surface area contributed by atoms with Crippen LogP contribution in [0.2, 0.25) is 5.02 Å². The Balaban J connectivity index is 2.31. The predicted molar refractivity (Wildman–Crippen MR) is 91.3 cm³/mol. The number of rotatable bonds is 5. The number of hydrogen-bond acceptors (Lipinski definition) is 3. The molecular weight excluding hydrogens is 336 g/mol. The molecule has 0 unspecified atom stereocenters. The molecular formula is C16H23ClN2O3S. The van der Waals surface area contributed by atoms with Gasteiger partial charge in [-0.3, -0.25) is 4.79 Å². The highest BCUT2D eigenvalue weighted by molar-refractivity contribution is 7.89. The van der Waals surface area contributed by atoms with E-state index in [1.54, 1.807) is 6.07 Å². The van der Waals surface area contributed by atoms with E-state index in [1.165, 1.54) is 16.4 Å². The summed E-state index contributed by atoms with van der Waals surface area (Å²) in [5.41, 5.74) is 0.316. The highest BCUT2D eigenvalue weighted by atomic mass is 35.5. The maximum Gasteiger partial charge on any atom is 0.251 e. The van der Waals surface area contributed by atoms with Gasteiger partial charge in [-0.1, -0.05) is 31.4 Å². The number of benzene rings is 1. The third kappa shape index (κ3) is 4.46. The van der Waals surface area contributed by atoms with Crippen LogP contribution < -0.4 is 5.32 Å². The monoisotopic (exact) mass is 358 g/mol. The van der Waals surface area contributed by atoms with Gasteiger partial charge >= 0.3 is 0 Å². The smallest absolute Gasteiger partial charge is 0.251 e. The standard InChI is InChI=1S/C16H23ClN2O3S/c1-2-9-18-16(20)13-7-8-14(17)15(12-13)23(21,22)19-10-5-3-4-6-11-19/h7-8,12H,2-6,9-11H2,1H3,(H,18,20). The summed E-state index contributed by atoms with van der Waals surface area (Å²) >= 11 is 6.11. The first-order valence-electron chi connectivity index (χ1n) is 8.04. The van der Waals surface area contributed by atoms with Crippen molar-refractivity contribution in [3.8, 4) is 0 Å². The lowest BCUT2D eigenvalue weighted by Crippen LogP contribution is -2.32. The fourth-order valence-corrected chi connectivity index (χ4v) is 4.62. The molecule has 0 aliphatic carbocycles. The Morgan fingerprint density at radius 3 is 2.48 bits per heavy atom. The minimum absolute atomic E-state index is 0.0187. The number of halogens is 1. The fourth-order valence-electron chi connectivity index (χ4n) is 2.60. The molecule has 128 valence electrons. The van der Waals surface area contributed by atoms with E-state index in [0.29, 0.717) is 25.2 Å². The maximum atomic E-state index is 12.9. The zero-order chi connectivity index (χ0) is 16.9. The molecule has 2 rings (SSSR count). The Morgan fingerprint density at radius 2 is 1.87 bits per heavy atom. The van der Waals surface area contributed by atoms with Gasteiger partial charge in [-0.25, -0.2) is 8.42 Å². The number of hydrogen-bond donors (Lipinski definition) is 1. The number of nitrogens with one attached hydrogen (secondary N) is 1. The quantitative estimate of drug-likeness (QED) is 0.879. The first kappa shape index (κ1) is 18.2. The number of sulfonamides is 1. The summed E-state index contributed by atoms with van der Waals surface area (Å²) in [6, 6.07) is 4.41. The van der Waals surface area contributed by atoms with E-state index in [0.717, 1.165) is 32.1 Å². The molecule has 1 fully saturated rings. The molecule has 5 nitrogen and oxygen atoms in total. The van der Waals surface area contributed by atoms with Crippen molar-refractivity contribution in [3.05, 3.63) is 28.8 Å². The van der Waals surface area contributed by atoms with Crippen molar-refractivity contribution in [2.24, 2.45) is 0 Å². The van der Waals surface area contributed by atoms with Gasteiger partial charge in [0.15, 0.2) is 0 Å². The molecule has 1 amide bonds. The minimum Gasteiger partial charge on any atom is -0.352 e. The second-order valence-electron chi connectivity index (χ2n) is 5.72. The number of carbonyl (C=O) groups is 1. The third-order valence-electron chi connectivity index (χ3n) is 3.91. The summed E-state index contributed by atoms with van der Waals surface area (Å²) in [7, 11) is -3.67. The maximum absolute atomic E-state index is 12.9. The van der Waals surface area contributed by atoms with E-state index in [1.807, 2.05) is 6.92 Å². The Bertz CT molecular complexity index is 653. The Kier molecular flexibility index (Phi) is 6.44. The summed E-state index contributed by atoms with van der Waals surface area (Å²) in [6.07, 6.45) is 4.61. The summed E-state index contributed by atoms with van der Waals surface area (Å²) in [4.78, 5) is 12.1. The molecule has 1 saturated heterocycles. The van der Waals surface area contributed by atoms with Gasteiger partial charge in [0.25, 0.3) is 5.91 Å². The minimum atomic E-state index is -3.67. The lowest BCUT2D eigenvalue weighted by molar-refractivity contribution is 0.0953. The molecule has 0 atom stereocenters. The Labute approximate surface area is 143 Å². The van der Waals surface area contributed by atoms with Crippen LogP contribution in [0, 0.1) is 0 Å². The molecule has 1 aromatic rings. The zero-order valence-electron chi connectivity index (χ0n) is 13.3. The van der Waals surface area contributed by atoms with E-state index < -0.39 is 10.0 Å². The average molecular weight is 359 g/mol. The SMILES string of the molecule is CCCNC(=O)c1ccc(Cl)c(S(=O)(=O)N2CCCCCC2)c1. The van der Waals surface area contributed by atoms with Crippen molar-refractivity contribution in [2.75, 3.05) is 19.6 Å². The van der Waals surface area contributed by atoms with Crippen molar-refractivity contribution in [1.82, 2.24) is 9.62 Å². The molecule has 1 aliphatic heterocycles. The van der Waals surface area contributed by atoms with E-state index in [4.69, 9.17) is 11.6 Å². The molecule has 0 bridgehead atoms. The van der Waals surface area contributed by atoms with Crippen LogP contribution in [0.15, 0.2) is 23.1 Å². The van der Waals surface area contributed by atoms with Gasteiger partial charge in [-0.05, 0) is 37.5 Å². The van der Waals surface area contributed by atoms with Gasteiger partial charge in [-0.2, -0.15) is 4.31 Å². The van der Waals surface area contributed by atoms with Crippen LogP contribution in [-0.2, 0) is 10.0 Å². The van der Waals surface area contributed by atoms with E-state index in [9.17, 15) is 13.2 Å². The molecule has 1 aromatic carbocycles. The van der Waals surface area contributed by atoms with Crippen LogP contribution in [0.25, 0.3) is 0 Å². The van der Waals surface area contributed by atoms with Crippen LogP contribution in [0.4, 0.5) is 0 Å². The summed E-state index contributed by atoms with van der Waals surface area (Å²) in [6.45, 7) is 3.52. The zero-order valence-corrected chi connectivity index (χ0v) is 14.9. The molecule has 1 aliphatic rings. The highest BCUT2D eigenvalue weighted by Gasteiger charge is 2.28. The Hall–Kier alpha value is -1.11. The summed E-state index contributed by atoms with van der Waals surface area (Å²) in [5, 5.41) is 2.90. The normalized spacial score (nSPS) is 16.8. The largest absolute Gasteiger partial charge is 0.352 e. The summed E-state index contributed by atoms with van der Waals surface area (Å²) < 4.78 is 27.2. The van der Waals surface area contributed by atoms with Crippen LogP contribution >= 0.6 is 11.6 Å². The van der Waals surface area contributed by atoms with Crippen LogP contribution in [0.3, 0.4) is 0 Å². The Morgan fingerprint density at radius 1 is 1.22 bits per heavy atom. The topological polar surface area (TPSA) is 66.5 Å². The summed E-state index contributed by atoms with van der Waals surface area (Å²) in [5.74, 6) is -0.282. The van der Waals surface area contributed by atoms with Gasteiger partial charge in [-0.15, -0.1) is 0 Å². The van der Waals surface area contributed by atoms with Crippen LogP contribution in [-0.4, -0.2) is 38.3 Å². The third-order valence-corrected chi connectivity index (χ3v) is 6.29. The van der Waals surface area contributed by atoms with Gasteiger partial charge in [0.05, 0.1) is 5.02 Å². The van der Waals surface area contributed by atoms with Crippen molar-refractivity contribution in [1.29, 1.82) is 0 Å². The second kappa shape index (κ2) is 8.13. The fraction of sp³-hybridized carbons (Fsp3) is 0.562. The van der Waals surface area contributed by atoms with E-state index in [2.05, 4.69) is 5.32 Å². The van der Waals surface area contributed by atoms with Crippen molar-refractivity contribution in [3.63, 3.8) is 0 Å². The van der Waals surface area contributed by atoms with Crippen molar-refractivity contribution < 1.29 is 13.2 Å². The van der Waals surface area contributed by atoms with E-state index in [-0.39, 0.29) is 15.8 Å². The highest BCUT2D eigenvalue weighted by Crippen LogP contribution is 2.27.